The Bertz CT molecular complexity index is 1260. The lowest BCUT2D eigenvalue weighted by Gasteiger charge is -2.21. The number of hydrogen-bond acceptors (Lipinski definition) is 6. The number of halogens is 1. The molecule has 0 unspecified atom stereocenters. The molecule has 0 spiro atoms. The van der Waals surface area contributed by atoms with Gasteiger partial charge in [0.1, 0.15) is 35.3 Å². The van der Waals surface area contributed by atoms with Gasteiger partial charge in [-0.1, -0.05) is 18.2 Å². The van der Waals surface area contributed by atoms with E-state index in [2.05, 4.69) is 21.6 Å². The van der Waals surface area contributed by atoms with Gasteiger partial charge in [0.15, 0.2) is 11.5 Å². The average Bonchev–Trinajstić information content (AvgIpc) is 3.10. The van der Waals surface area contributed by atoms with Crippen LogP contribution in [0.15, 0.2) is 48.7 Å². The Balaban J connectivity index is 1.57. The van der Waals surface area contributed by atoms with Gasteiger partial charge in [0.2, 0.25) is 0 Å². The van der Waals surface area contributed by atoms with Crippen LogP contribution in [0, 0.1) is 11.3 Å². The van der Waals surface area contributed by atoms with E-state index < -0.39 is 12.3 Å². The van der Waals surface area contributed by atoms with Gasteiger partial charge in [0, 0.05) is 11.6 Å². The van der Waals surface area contributed by atoms with Crippen molar-refractivity contribution in [3.63, 3.8) is 0 Å². The fourth-order valence-corrected chi connectivity index (χ4v) is 3.74. The summed E-state index contributed by atoms with van der Waals surface area (Å²) in [4.78, 5) is 4.77. The van der Waals surface area contributed by atoms with Crippen LogP contribution in [0.25, 0.3) is 28.1 Å². The fraction of sp³-hybridized carbons (Fsp3) is 0.273. The molecular weight excluding hydrogens is 383 g/mol. The Morgan fingerprint density at radius 2 is 2.00 bits per heavy atom. The number of nitrogens with one attached hydrogen (secondary N) is 1. The van der Waals surface area contributed by atoms with Crippen molar-refractivity contribution < 1.29 is 9.13 Å². The lowest BCUT2D eigenvalue weighted by molar-refractivity contribution is 0.0983. The third-order valence-corrected chi connectivity index (χ3v) is 5.33. The summed E-state index contributed by atoms with van der Waals surface area (Å²) in [5.41, 5.74) is 2.37. The van der Waals surface area contributed by atoms with Gasteiger partial charge in [-0.15, -0.1) is 10.2 Å². The van der Waals surface area contributed by atoms with Crippen LogP contribution in [0.1, 0.15) is 18.4 Å². The predicted molar refractivity (Wildman–Crippen MR) is 110 cm³/mol. The molecule has 4 aromatic rings. The van der Waals surface area contributed by atoms with Crippen molar-refractivity contribution >= 4 is 16.6 Å². The molecule has 0 aliphatic carbocycles. The average molecular weight is 402 g/mol. The molecule has 5 rings (SSSR count). The lowest BCUT2D eigenvalue weighted by atomic mass is 10.1. The molecular formula is C22H19FN6O. The molecule has 1 aliphatic heterocycles. The maximum absolute atomic E-state index is 14.5. The first kappa shape index (κ1) is 18.5. The zero-order valence-electron chi connectivity index (χ0n) is 16.1. The number of hydrogen-bond donors (Lipinski definition) is 1. The van der Waals surface area contributed by atoms with Crippen LogP contribution in [0.3, 0.4) is 0 Å². The first-order chi connectivity index (χ1) is 14.7. The quantitative estimate of drug-likeness (QED) is 0.566. The number of pyridine rings is 2. The van der Waals surface area contributed by atoms with Gasteiger partial charge in [0.05, 0.1) is 5.56 Å². The summed E-state index contributed by atoms with van der Waals surface area (Å²) < 4.78 is 22.3. The molecule has 1 N–H and O–H groups in total. The molecule has 8 heteroatoms. The highest BCUT2D eigenvalue weighted by molar-refractivity contribution is 5.86. The number of rotatable bonds is 3. The highest BCUT2D eigenvalue weighted by Crippen LogP contribution is 2.29. The Labute approximate surface area is 172 Å². The summed E-state index contributed by atoms with van der Waals surface area (Å²) in [5.74, 6) is 1.08. The van der Waals surface area contributed by atoms with Crippen molar-refractivity contribution in [2.75, 3.05) is 13.1 Å². The number of aromatic nitrogens is 4. The van der Waals surface area contributed by atoms with Crippen LogP contribution < -0.4 is 10.1 Å². The van der Waals surface area contributed by atoms with Gasteiger partial charge in [-0.05, 0) is 50.2 Å². The highest BCUT2D eigenvalue weighted by atomic mass is 19.1. The normalized spacial score (nSPS) is 19.5. The van der Waals surface area contributed by atoms with E-state index in [1.54, 1.807) is 22.7 Å². The third kappa shape index (κ3) is 3.33. The van der Waals surface area contributed by atoms with E-state index in [4.69, 9.17) is 9.72 Å². The van der Waals surface area contributed by atoms with Crippen LogP contribution in [-0.2, 0) is 0 Å². The number of fused-ring (bicyclic) bond motifs is 2. The Hall–Kier alpha value is -3.57. The molecule has 1 saturated heterocycles. The summed E-state index contributed by atoms with van der Waals surface area (Å²) in [6.07, 6.45) is 1.18. The summed E-state index contributed by atoms with van der Waals surface area (Å²) in [7, 11) is 0. The van der Waals surface area contributed by atoms with E-state index in [0.717, 1.165) is 11.9 Å². The van der Waals surface area contributed by atoms with E-state index in [9.17, 15) is 9.65 Å². The molecule has 2 atom stereocenters. The second-order valence-corrected chi connectivity index (χ2v) is 7.31. The molecule has 0 saturated carbocycles. The SMILES string of the molecule is N#Cc1ccc2nnc(-c3ccc4cccc(O[C@H]5CCNCC[C@@H]5F)c4n3)n2c1. The first-order valence-electron chi connectivity index (χ1n) is 9.89. The summed E-state index contributed by atoms with van der Waals surface area (Å²) >= 11 is 0. The van der Waals surface area contributed by atoms with Gasteiger partial charge < -0.3 is 10.1 Å². The Morgan fingerprint density at radius 3 is 2.90 bits per heavy atom. The van der Waals surface area contributed by atoms with Crippen molar-refractivity contribution in [3.05, 3.63) is 54.2 Å². The second-order valence-electron chi connectivity index (χ2n) is 7.31. The van der Waals surface area contributed by atoms with Crippen LogP contribution >= 0.6 is 0 Å². The number of nitrogens with zero attached hydrogens (tertiary/aromatic N) is 5. The van der Waals surface area contributed by atoms with Crippen molar-refractivity contribution in [2.45, 2.75) is 25.1 Å². The number of para-hydroxylation sites is 1. The molecule has 3 aromatic heterocycles. The molecule has 1 aromatic carbocycles. The minimum atomic E-state index is -1.02. The molecule has 0 radical (unpaired) electrons. The minimum absolute atomic E-state index is 0.432. The number of nitriles is 1. The molecule has 0 bridgehead atoms. The van der Waals surface area contributed by atoms with Crippen LogP contribution in [-0.4, -0.2) is 44.9 Å². The van der Waals surface area contributed by atoms with Crippen LogP contribution in [0.2, 0.25) is 0 Å². The van der Waals surface area contributed by atoms with E-state index in [-0.39, 0.29) is 0 Å². The lowest BCUT2D eigenvalue weighted by Crippen LogP contribution is -2.28. The van der Waals surface area contributed by atoms with E-state index in [0.29, 0.717) is 53.4 Å². The number of alkyl halides is 1. The monoisotopic (exact) mass is 402 g/mol. The zero-order chi connectivity index (χ0) is 20.5. The van der Waals surface area contributed by atoms with Crippen molar-refractivity contribution in [1.29, 1.82) is 5.26 Å². The zero-order valence-corrected chi connectivity index (χ0v) is 16.1. The second kappa shape index (κ2) is 7.69. The maximum atomic E-state index is 14.5. The van der Waals surface area contributed by atoms with Crippen molar-refractivity contribution in [3.8, 4) is 23.3 Å². The molecule has 1 fully saturated rings. The van der Waals surface area contributed by atoms with Gasteiger partial charge in [0.25, 0.3) is 0 Å². The Morgan fingerprint density at radius 1 is 1.10 bits per heavy atom. The fourth-order valence-electron chi connectivity index (χ4n) is 3.74. The molecule has 30 heavy (non-hydrogen) atoms. The summed E-state index contributed by atoms with van der Waals surface area (Å²) in [6.45, 7) is 1.38. The molecule has 150 valence electrons. The van der Waals surface area contributed by atoms with Gasteiger partial charge >= 0.3 is 0 Å². The molecule has 1 aliphatic rings. The number of benzene rings is 1. The van der Waals surface area contributed by atoms with E-state index in [1.165, 1.54) is 0 Å². The van der Waals surface area contributed by atoms with Crippen LogP contribution in [0.5, 0.6) is 5.75 Å². The van der Waals surface area contributed by atoms with Crippen LogP contribution in [0.4, 0.5) is 4.39 Å². The largest absolute Gasteiger partial charge is 0.485 e. The third-order valence-electron chi connectivity index (χ3n) is 5.33. The first-order valence-corrected chi connectivity index (χ1v) is 9.89. The summed E-state index contributed by atoms with van der Waals surface area (Å²) in [5, 5.41) is 21.7. The Kier molecular flexibility index (Phi) is 4.73. The van der Waals surface area contributed by atoms with E-state index in [1.807, 2.05) is 30.3 Å². The van der Waals surface area contributed by atoms with Gasteiger partial charge in [-0.2, -0.15) is 5.26 Å². The van der Waals surface area contributed by atoms with Gasteiger partial charge in [-0.25, -0.2) is 9.37 Å². The molecule has 4 heterocycles. The highest BCUT2D eigenvalue weighted by Gasteiger charge is 2.25. The van der Waals surface area contributed by atoms with Gasteiger partial charge in [-0.3, -0.25) is 4.40 Å². The van der Waals surface area contributed by atoms with Crippen molar-refractivity contribution in [2.24, 2.45) is 0 Å². The molecule has 0 amide bonds. The predicted octanol–water partition coefficient (Wildman–Crippen LogP) is 3.29. The van der Waals surface area contributed by atoms with Crippen molar-refractivity contribution in [1.82, 2.24) is 24.9 Å². The minimum Gasteiger partial charge on any atom is -0.485 e. The van der Waals surface area contributed by atoms with E-state index >= 15 is 0 Å². The smallest absolute Gasteiger partial charge is 0.187 e. The number of ether oxygens (including phenoxy) is 1. The molecule has 7 nitrogen and oxygen atoms in total. The maximum Gasteiger partial charge on any atom is 0.187 e. The summed E-state index contributed by atoms with van der Waals surface area (Å²) in [6, 6.07) is 15.0. The topological polar surface area (TPSA) is 88.1 Å². The standard InChI is InChI=1S/C22H19FN6O/c23-16-8-10-25-11-9-18(16)30-19-3-1-2-15-5-6-17(26-21(15)19)22-28-27-20-7-4-14(12-24)13-29(20)22/h1-7,13,16,18,25H,8-11H2/t16-,18-/m0/s1.